The lowest BCUT2D eigenvalue weighted by Gasteiger charge is -2.21. The number of carbonyl (C=O) groups excluding carboxylic acids is 1. The molecule has 1 aliphatic rings. The Morgan fingerprint density at radius 3 is 2.69 bits per heavy atom. The second-order valence-corrected chi connectivity index (χ2v) is 8.78. The summed E-state index contributed by atoms with van der Waals surface area (Å²) in [6, 6.07) is 7.85. The van der Waals surface area contributed by atoms with Crippen molar-refractivity contribution in [1.82, 2.24) is 24.4 Å². The SMILES string of the molecule is CC[C@H]1CN(c2ccc(C#N)cn2)C[C@H]1Nc1c(C(N)=O)cnn2cc(-c3cnn(CC)c3)cc12. The lowest BCUT2D eigenvalue weighted by molar-refractivity contribution is 0.100. The van der Waals surface area contributed by atoms with Gasteiger partial charge in [0, 0.05) is 55.4 Å². The van der Waals surface area contributed by atoms with E-state index in [0.717, 1.165) is 42.0 Å². The Kier molecular flexibility index (Phi) is 5.82. The molecule has 1 amide bonds. The predicted molar refractivity (Wildman–Crippen MR) is 133 cm³/mol. The van der Waals surface area contributed by atoms with Gasteiger partial charge in [-0.15, -0.1) is 0 Å². The van der Waals surface area contributed by atoms with Gasteiger partial charge in [-0.25, -0.2) is 9.50 Å². The molecule has 1 saturated heterocycles. The highest BCUT2D eigenvalue weighted by atomic mass is 16.1. The summed E-state index contributed by atoms with van der Waals surface area (Å²) in [5.41, 5.74) is 10.0. The topological polar surface area (TPSA) is 130 Å². The number of aromatic nitrogens is 5. The number of carbonyl (C=O) groups is 1. The lowest BCUT2D eigenvalue weighted by atomic mass is 10.00. The zero-order chi connectivity index (χ0) is 24.5. The van der Waals surface area contributed by atoms with Crippen LogP contribution in [0.1, 0.15) is 36.2 Å². The van der Waals surface area contributed by atoms with Crippen LogP contribution < -0.4 is 16.0 Å². The van der Waals surface area contributed by atoms with Crippen LogP contribution in [0.4, 0.5) is 11.5 Å². The molecule has 0 bridgehead atoms. The monoisotopic (exact) mass is 469 g/mol. The normalized spacial score (nSPS) is 17.6. The molecule has 0 aromatic carbocycles. The maximum atomic E-state index is 12.3. The molecular formula is C25H27N9O. The molecule has 5 rings (SSSR count). The van der Waals surface area contributed by atoms with Gasteiger partial charge in [0.2, 0.25) is 0 Å². The Morgan fingerprint density at radius 2 is 2.03 bits per heavy atom. The van der Waals surface area contributed by atoms with Crippen molar-refractivity contribution in [3.05, 3.63) is 60.3 Å². The van der Waals surface area contributed by atoms with Crippen LogP contribution in [0, 0.1) is 17.2 Å². The predicted octanol–water partition coefficient (Wildman–Crippen LogP) is 2.91. The second-order valence-electron chi connectivity index (χ2n) is 8.78. The highest BCUT2D eigenvalue weighted by molar-refractivity contribution is 6.02. The third kappa shape index (κ3) is 4.17. The van der Waals surface area contributed by atoms with Gasteiger partial charge in [0.15, 0.2) is 0 Å². The van der Waals surface area contributed by atoms with Crippen molar-refractivity contribution >= 4 is 22.9 Å². The molecule has 1 fully saturated rings. The van der Waals surface area contributed by atoms with E-state index in [0.29, 0.717) is 29.3 Å². The molecule has 4 aromatic heterocycles. The molecule has 0 aliphatic carbocycles. The highest BCUT2D eigenvalue weighted by Gasteiger charge is 2.33. The Morgan fingerprint density at radius 1 is 1.17 bits per heavy atom. The van der Waals surface area contributed by atoms with E-state index in [9.17, 15) is 4.79 Å². The molecule has 0 radical (unpaired) electrons. The molecule has 2 atom stereocenters. The Hall–Kier alpha value is -4.39. The molecule has 35 heavy (non-hydrogen) atoms. The van der Waals surface area contributed by atoms with E-state index in [1.54, 1.807) is 16.8 Å². The number of pyridine rings is 1. The number of nitriles is 1. The van der Waals surface area contributed by atoms with Gasteiger partial charge in [-0.05, 0) is 37.5 Å². The van der Waals surface area contributed by atoms with Crippen molar-refractivity contribution < 1.29 is 4.79 Å². The molecule has 10 nitrogen and oxygen atoms in total. The van der Waals surface area contributed by atoms with Crippen molar-refractivity contribution in [3.63, 3.8) is 0 Å². The van der Waals surface area contributed by atoms with E-state index in [-0.39, 0.29) is 6.04 Å². The number of nitrogens with zero attached hydrogens (tertiary/aromatic N) is 7. The molecule has 0 unspecified atom stereocenters. The summed E-state index contributed by atoms with van der Waals surface area (Å²) in [6.07, 6.45) is 9.82. The van der Waals surface area contributed by atoms with E-state index in [4.69, 9.17) is 11.0 Å². The van der Waals surface area contributed by atoms with Crippen molar-refractivity contribution in [2.75, 3.05) is 23.3 Å². The van der Waals surface area contributed by atoms with Gasteiger partial charge in [-0.1, -0.05) is 6.92 Å². The zero-order valence-electron chi connectivity index (χ0n) is 19.7. The maximum Gasteiger partial charge on any atom is 0.252 e. The van der Waals surface area contributed by atoms with Crippen molar-refractivity contribution in [2.45, 2.75) is 32.9 Å². The fraction of sp³-hybridized carbons (Fsp3) is 0.320. The van der Waals surface area contributed by atoms with Gasteiger partial charge in [-0.2, -0.15) is 15.5 Å². The van der Waals surface area contributed by atoms with Gasteiger partial charge in [0.25, 0.3) is 5.91 Å². The minimum atomic E-state index is -0.527. The van der Waals surface area contributed by atoms with Gasteiger partial charge in [-0.3, -0.25) is 9.48 Å². The molecule has 5 heterocycles. The molecule has 0 saturated carbocycles. The second kappa shape index (κ2) is 9.10. The summed E-state index contributed by atoms with van der Waals surface area (Å²) < 4.78 is 3.64. The average Bonchev–Trinajstić information content (AvgIpc) is 3.61. The first-order valence-corrected chi connectivity index (χ1v) is 11.7. The van der Waals surface area contributed by atoms with Crippen LogP contribution >= 0.6 is 0 Å². The molecule has 178 valence electrons. The summed E-state index contributed by atoms with van der Waals surface area (Å²) in [7, 11) is 0. The number of rotatable bonds is 7. The van der Waals surface area contributed by atoms with Gasteiger partial charge < -0.3 is 16.0 Å². The average molecular weight is 470 g/mol. The molecule has 4 aromatic rings. The van der Waals surface area contributed by atoms with Crippen LogP contribution in [-0.2, 0) is 6.54 Å². The van der Waals surface area contributed by atoms with E-state index < -0.39 is 5.91 Å². The van der Waals surface area contributed by atoms with Gasteiger partial charge >= 0.3 is 0 Å². The summed E-state index contributed by atoms with van der Waals surface area (Å²) >= 11 is 0. The van der Waals surface area contributed by atoms with Crippen molar-refractivity contribution in [3.8, 4) is 17.2 Å². The van der Waals surface area contributed by atoms with Crippen LogP contribution in [0.3, 0.4) is 0 Å². The number of nitrogens with two attached hydrogens (primary N) is 1. The van der Waals surface area contributed by atoms with Crippen molar-refractivity contribution in [2.24, 2.45) is 11.7 Å². The van der Waals surface area contributed by atoms with Crippen LogP contribution in [0.25, 0.3) is 16.6 Å². The number of fused-ring (bicyclic) bond motifs is 1. The Bertz CT molecular complexity index is 1410. The van der Waals surface area contributed by atoms with E-state index >= 15 is 0 Å². The number of hydrogen-bond acceptors (Lipinski definition) is 7. The smallest absolute Gasteiger partial charge is 0.252 e. The number of nitrogens with one attached hydrogen (secondary N) is 1. The number of amides is 1. The molecule has 10 heteroatoms. The summed E-state index contributed by atoms with van der Waals surface area (Å²) in [5, 5.41) is 21.5. The van der Waals surface area contributed by atoms with E-state index in [1.807, 2.05) is 42.3 Å². The first kappa shape index (κ1) is 22.4. The summed E-state index contributed by atoms with van der Waals surface area (Å²) in [5.74, 6) is 0.638. The Balaban J connectivity index is 1.49. The Labute approximate surface area is 203 Å². The zero-order valence-corrected chi connectivity index (χ0v) is 19.7. The van der Waals surface area contributed by atoms with Crippen molar-refractivity contribution in [1.29, 1.82) is 5.26 Å². The molecular weight excluding hydrogens is 442 g/mol. The number of aryl methyl sites for hydroxylation is 1. The lowest BCUT2D eigenvalue weighted by Crippen LogP contribution is -2.30. The van der Waals surface area contributed by atoms with Gasteiger partial charge in [0.1, 0.15) is 11.9 Å². The third-order valence-corrected chi connectivity index (χ3v) is 6.69. The third-order valence-electron chi connectivity index (χ3n) is 6.69. The number of anilines is 2. The van der Waals surface area contributed by atoms with E-state index in [1.165, 1.54) is 6.20 Å². The fourth-order valence-electron chi connectivity index (χ4n) is 4.70. The first-order chi connectivity index (χ1) is 17.0. The first-order valence-electron chi connectivity index (χ1n) is 11.7. The van der Waals surface area contributed by atoms with Crippen LogP contribution in [0.5, 0.6) is 0 Å². The van der Waals surface area contributed by atoms with Crippen LogP contribution in [0.2, 0.25) is 0 Å². The largest absolute Gasteiger partial charge is 0.378 e. The highest BCUT2D eigenvalue weighted by Crippen LogP contribution is 2.32. The standard InChI is InChI=1S/C25H27N9O/c1-3-17-12-32(23-6-5-16(8-26)9-28-23)15-21(17)31-24-20(25(27)35)11-30-34-14-18(7-22(24)34)19-10-29-33(4-2)13-19/h5-7,9-11,13-14,17,21,31H,3-4,12,15H2,1-2H3,(H2,27,35)/t17-,21+/m0/s1. The van der Waals surface area contributed by atoms with Crippen LogP contribution in [0.15, 0.2) is 49.2 Å². The number of hydrogen-bond donors (Lipinski definition) is 2. The van der Waals surface area contributed by atoms with Crippen LogP contribution in [-0.4, -0.2) is 49.4 Å². The van der Waals surface area contributed by atoms with E-state index in [2.05, 4.69) is 38.4 Å². The summed E-state index contributed by atoms with van der Waals surface area (Å²) in [6.45, 7) is 6.52. The fourth-order valence-corrected chi connectivity index (χ4v) is 4.70. The number of primary amides is 1. The molecule has 1 aliphatic heterocycles. The quantitative estimate of drug-likeness (QED) is 0.425. The molecule has 0 spiro atoms. The maximum absolute atomic E-state index is 12.3. The summed E-state index contributed by atoms with van der Waals surface area (Å²) in [4.78, 5) is 19.0. The van der Waals surface area contributed by atoms with Gasteiger partial charge in [0.05, 0.1) is 34.7 Å². The minimum absolute atomic E-state index is 0.0722. The molecule has 3 N–H and O–H groups in total. The minimum Gasteiger partial charge on any atom is -0.378 e.